The highest BCUT2D eigenvalue weighted by molar-refractivity contribution is 7.87. The smallest absolute Gasteiger partial charge is 0.339 e. The lowest BCUT2D eigenvalue weighted by Crippen LogP contribution is -2.13. The molecular weight excluding hydrogens is 400 g/mol. The molecule has 1 N–H and O–H groups in total. The molecule has 150 valence electrons. The molecule has 6 nitrogen and oxygen atoms in total. The first kappa shape index (κ1) is 20.8. The molecule has 0 aliphatic heterocycles. The van der Waals surface area contributed by atoms with Crippen molar-refractivity contribution in [2.75, 3.05) is 5.32 Å². The molecule has 3 rings (SSSR count). The predicted octanol–water partition coefficient (Wildman–Crippen LogP) is 4.31. The molecular formula is C23H18N2O4S. The van der Waals surface area contributed by atoms with Gasteiger partial charge in [-0.05, 0) is 60.5 Å². The summed E-state index contributed by atoms with van der Waals surface area (Å²) in [5.74, 6) is -0.490. The maximum atomic E-state index is 12.4. The van der Waals surface area contributed by atoms with Crippen LogP contribution in [-0.4, -0.2) is 14.3 Å². The van der Waals surface area contributed by atoms with Gasteiger partial charge < -0.3 is 9.50 Å². The first-order chi connectivity index (χ1) is 14.4. The van der Waals surface area contributed by atoms with Crippen molar-refractivity contribution < 1.29 is 17.4 Å². The minimum Gasteiger partial charge on any atom is -0.379 e. The van der Waals surface area contributed by atoms with Crippen LogP contribution in [0, 0.1) is 18.3 Å². The number of nitrogens with zero attached hydrogens (tertiary/aromatic N) is 1. The van der Waals surface area contributed by atoms with Gasteiger partial charge in [-0.15, -0.1) is 0 Å². The highest BCUT2D eigenvalue weighted by Crippen LogP contribution is 2.21. The van der Waals surface area contributed by atoms with E-state index in [4.69, 9.17) is 4.18 Å². The summed E-state index contributed by atoms with van der Waals surface area (Å²) in [6.45, 7) is 1.89. The molecule has 0 heterocycles. The van der Waals surface area contributed by atoms with E-state index in [9.17, 15) is 18.5 Å². The summed E-state index contributed by atoms with van der Waals surface area (Å²) in [5.41, 5.74) is 1.87. The van der Waals surface area contributed by atoms with Crippen molar-refractivity contribution in [3.8, 4) is 11.8 Å². The molecule has 0 saturated carbocycles. The van der Waals surface area contributed by atoms with Crippen LogP contribution in [0.1, 0.15) is 11.1 Å². The lowest BCUT2D eigenvalue weighted by Gasteiger charge is -2.08. The molecule has 0 atom stereocenters. The fraction of sp³-hybridized carbons (Fsp3) is 0.0435. The first-order valence-electron chi connectivity index (χ1n) is 8.97. The fourth-order valence-corrected chi connectivity index (χ4v) is 3.60. The van der Waals surface area contributed by atoms with Crippen LogP contribution in [0.4, 0.5) is 5.69 Å². The molecule has 3 aromatic rings. The van der Waals surface area contributed by atoms with Crippen LogP contribution in [0.3, 0.4) is 0 Å². The Hall–Kier alpha value is -3.89. The number of nitrogens with one attached hydrogen (secondary N) is 1. The third-order valence-corrected chi connectivity index (χ3v) is 5.31. The second-order valence-electron chi connectivity index (χ2n) is 6.42. The zero-order valence-corrected chi connectivity index (χ0v) is 16.9. The standard InChI is InChI=1S/C23H18N2O4S/c1-17-7-5-9-20(13-17)25-23(26)19(16-24)14-18-8-6-10-21(15-18)29-30(27,28)22-11-3-2-4-12-22/h2-15H,1H3,(H,25,26)/b19-14-. The number of amides is 1. The summed E-state index contributed by atoms with van der Waals surface area (Å²) in [6.07, 6.45) is 1.37. The minimum atomic E-state index is -3.99. The highest BCUT2D eigenvalue weighted by Gasteiger charge is 2.16. The van der Waals surface area contributed by atoms with Crippen molar-refractivity contribution in [2.24, 2.45) is 0 Å². The van der Waals surface area contributed by atoms with Crippen molar-refractivity contribution in [2.45, 2.75) is 11.8 Å². The van der Waals surface area contributed by atoms with Gasteiger partial charge in [-0.3, -0.25) is 4.79 Å². The average molecular weight is 418 g/mol. The molecule has 0 fully saturated rings. The van der Waals surface area contributed by atoms with Crippen molar-refractivity contribution in [3.63, 3.8) is 0 Å². The van der Waals surface area contributed by atoms with Gasteiger partial charge in [-0.2, -0.15) is 13.7 Å². The second-order valence-corrected chi connectivity index (χ2v) is 7.96. The predicted molar refractivity (Wildman–Crippen MR) is 114 cm³/mol. The van der Waals surface area contributed by atoms with Gasteiger partial charge >= 0.3 is 10.1 Å². The fourth-order valence-electron chi connectivity index (χ4n) is 2.65. The Morgan fingerprint density at radius 2 is 1.73 bits per heavy atom. The molecule has 1 amide bonds. The molecule has 0 unspecified atom stereocenters. The van der Waals surface area contributed by atoms with Gasteiger partial charge in [0.1, 0.15) is 22.3 Å². The lowest BCUT2D eigenvalue weighted by atomic mass is 10.1. The quantitative estimate of drug-likeness (QED) is 0.366. The third kappa shape index (κ3) is 5.34. The summed E-state index contributed by atoms with van der Waals surface area (Å²) in [7, 11) is -3.99. The van der Waals surface area contributed by atoms with E-state index >= 15 is 0 Å². The molecule has 0 aliphatic carbocycles. The van der Waals surface area contributed by atoms with Crippen LogP contribution >= 0.6 is 0 Å². The summed E-state index contributed by atoms with van der Waals surface area (Å²) >= 11 is 0. The van der Waals surface area contributed by atoms with Crippen LogP contribution in [0.2, 0.25) is 0 Å². The van der Waals surface area contributed by atoms with Crippen LogP contribution in [-0.2, 0) is 14.9 Å². The topological polar surface area (TPSA) is 96.3 Å². The number of hydrogen-bond donors (Lipinski definition) is 1. The Morgan fingerprint density at radius 1 is 1.00 bits per heavy atom. The van der Waals surface area contributed by atoms with E-state index in [0.29, 0.717) is 11.3 Å². The largest absolute Gasteiger partial charge is 0.379 e. The van der Waals surface area contributed by atoms with E-state index in [1.165, 1.54) is 30.3 Å². The van der Waals surface area contributed by atoms with Crippen molar-refractivity contribution >= 4 is 27.8 Å². The number of rotatable bonds is 6. The van der Waals surface area contributed by atoms with E-state index in [1.54, 1.807) is 48.5 Å². The summed E-state index contributed by atoms with van der Waals surface area (Å²) < 4.78 is 29.9. The zero-order chi connectivity index (χ0) is 21.6. The van der Waals surface area contributed by atoms with E-state index < -0.39 is 16.0 Å². The molecule has 30 heavy (non-hydrogen) atoms. The number of benzene rings is 3. The molecule has 0 spiro atoms. The lowest BCUT2D eigenvalue weighted by molar-refractivity contribution is -0.112. The normalized spacial score (nSPS) is 11.4. The summed E-state index contributed by atoms with van der Waals surface area (Å²) in [5, 5.41) is 12.1. The maximum absolute atomic E-state index is 12.4. The minimum absolute atomic E-state index is 0.0289. The zero-order valence-electron chi connectivity index (χ0n) is 16.1. The SMILES string of the molecule is Cc1cccc(NC(=O)/C(C#N)=C\c2cccc(OS(=O)(=O)c3ccccc3)c2)c1. The van der Waals surface area contributed by atoms with Gasteiger partial charge in [0.05, 0.1) is 0 Å². The molecule has 0 aliphatic rings. The van der Waals surface area contributed by atoms with Crippen molar-refractivity contribution in [3.05, 3.63) is 95.6 Å². The number of nitriles is 1. The van der Waals surface area contributed by atoms with Crippen LogP contribution < -0.4 is 9.50 Å². The summed E-state index contributed by atoms with van der Waals surface area (Å²) in [6, 6.07) is 23.0. The Kier molecular flexibility index (Phi) is 6.30. The van der Waals surface area contributed by atoms with Crippen molar-refractivity contribution in [1.82, 2.24) is 0 Å². The van der Waals surface area contributed by atoms with E-state index in [0.717, 1.165) is 5.56 Å². The van der Waals surface area contributed by atoms with E-state index in [1.807, 2.05) is 19.1 Å². The molecule has 0 radical (unpaired) electrons. The highest BCUT2D eigenvalue weighted by atomic mass is 32.2. The molecule has 0 saturated heterocycles. The number of anilines is 1. The van der Waals surface area contributed by atoms with Gasteiger partial charge in [0.25, 0.3) is 5.91 Å². The molecule has 3 aromatic carbocycles. The molecule has 0 aromatic heterocycles. The molecule has 7 heteroatoms. The monoisotopic (exact) mass is 418 g/mol. The van der Waals surface area contributed by atoms with Crippen LogP contribution in [0.15, 0.2) is 89.3 Å². The Morgan fingerprint density at radius 3 is 2.43 bits per heavy atom. The first-order valence-corrected chi connectivity index (χ1v) is 10.4. The number of carbonyl (C=O) groups excluding carboxylic acids is 1. The van der Waals surface area contributed by atoms with Crippen LogP contribution in [0.5, 0.6) is 5.75 Å². The second kappa shape index (κ2) is 9.07. The molecule has 0 bridgehead atoms. The Balaban J connectivity index is 1.81. The maximum Gasteiger partial charge on any atom is 0.339 e. The van der Waals surface area contributed by atoms with Gasteiger partial charge in [0, 0.05) is 5.69 Å². The number of hydrogen-bond acceptors (Lipinski definition) is 5. The number of aryl methyl sites for hydroxylation is 1. The third-order valence-electron chi connectivity index (χ3n) is 4.05. The Labute approximate surface area is 175 Å². The summed E-state index contributed by atoms with van der Waals surface area (Å²) in [4.78, 5) is 12.5. The van der Waals surface area contributed by atoms with E-state index in [-0.39, 0.29) is 16.2 Å². The van der Waals surface area contributed by atoms with Crippen molar-refractivity contribution in [1.29, 1.82) is 5.26 Å². The van der Waals surface area contributed by atoms with Crippen LogP contribution in [0.25, 0.3) is 6.08 Å². The number of carbonyl (C=O) groups is 1. The van der Waals surface area contributed by atoms with Gasteiger partial charge in [0.2, 0.25) is 0 Å². The van der Waals surface area contributed by atoms with Gasteiger partial charge in [0.15, 0.2) is 0 Å². The Bertz CT molecular complexity index is 1240. The van der Waals surface area contributed by atoms with E-state index in [2.05, 4.69) is 5.32 Å². The van der Waals surface area contributed by atoms with Gasteiger partial charge in [-0.1, -0.05) is 42.5 Å². The van der Waals surface area contributed by atoms with Gasteiger partial charge in [-0.25, -0.2) is 0 Å². The average Bonchev–Trinajstić information content (AvgIpc) is 2.72.